The van der Waals surface area contributed by atoms with Crippen LogP contribution in [0.2, 0.25) is 20.1 Å². The van der Waals surface area contributed by atoms with E-state index < -0.39 is 0 Å². The van der Waals surface area contributed by atoms with Crippen LogP contribution >= 0.6 is 57.7 Å². The second-order valence-electron chi connectivity index (χ2n) is 7.57. The summed E-state index contributed by atoms with van der Waals surface area (Å²) in [6.45, 7) is 1.06. The van der Waals surface area contributed by atoms with E-state index in [0.717, 1.165) is 33.3 Å². The van der Waals surface area contributed by atoms with Crippen LogP contribution in [0, 0.1) is 0 Å². The monoisotopic (exact) mass is 544 g/mol. The van der Waals surface area contributed by atoms with Crippen molar-refractivity contribution in [1.82, 2.24) is 9.55 Å². The summed E-state index contributed by atoms with van der Waals surface area (Å²) in [5, 5.41) is 14.8. The van der Waals surface area contributed by atoms with E-state index in [1.54, 1.807) is 18.2 Å². The van der Waals surface area contributed by atoms with Gasteiger partial charge in [0.15, 0.2) is 0 Å². The van der Waals surface area contributed by atoms with E-state index >= 15 is 0 Å². The number of rotatable bonds is 6. The maximum absolute atomic E-state index is 6.40. The second kappa shape index (κ2) is 10.1. The fraction of sp³-hybridized carbons (Fsp3) is 0.0800. The van der Waals surface area contributed by atoms with E-state index in [2.05, 4.69) is 38.1 Å². The van der Waals surface area contributed by atoms with Gasteiger partial charge < -0.3 is 4.57 Å². The molecule has 0 N–H and O–H groups in total. The zero-order valence-corrected chi connectivity index (χ0v) is 21.4. The van der Waals surface area contributed by atoms with Crippen LogP contribution in [0.15, 0.2) is 82.5 Å². The van der Waals surface area contributed by atoms with Crippen molar-refractivity contribution >= 4 is 73.8 Å². The molecule has 5 rings (SSSR count). The van der Waals surface area contributed by atoms with Gasteiger partial charge in [0.1, 0.15) is 0 Å². The summed E-state index contributed by atoms with van der Waals surface area (Å²) >= 11 is 26.1. The quantitative estimate of drug-likeness (QED) is 0.196. The smallest absolute Gasteiger partial charge is 0.230 e. The lowest BCUT2D eigenvalue weighted by atomic mass is 10.2. The fourth-order valence-corrected chi connectivity index (χ4v) is 5.34. The van der Waals surface area contributed by atoms with E-state index in [-0.39, 0.29) is 0 Å². The van der Waals surface area contributed by atoms with Crippen molar-refractivity contribution < 1.29 is 0 Å². The van der Waals surface area contributed by atoms with Gasteiger partial charge in [-0.25, -0.2) is 4.98 Å². The molecule has 0 aliphatic carbocycles. The van der Waals surface area contributed by atoms with Gasteiger partial charge in [-0.2, -0.15) is 5.11 Å². The third kappa shape index (κ3) is 4.99. The SMILES string of the molecule is Clc1ccc(Cn2cc(CN=Nc3nc(-c4ccc(Cl)cc4Cl)cs3)c3ccccc32)c(Cl)c1. The number of thiazole rings is 1. The van der Waals surface area contributed by atoms with Gasteiger partial charge in [-0.15, -0.1) is 16.5 Å². The zero-order valence-electron chi connectivity index (χ0n) is 17.6. The molecule has 0 bridgehead atoms. The molecule has 2 aromatic heterocycles. The molecule has 0 aliphatic rings. The van der Waals surface area contributed by atoms with E-state index in [1.807, 2.05) is 35.7 Å². The van der Waals surface area contributed by atoms with Crippen molar-refractivity contribution in [1.29, 1.82) is 0 Å². The molecule has 0 saturated carbocycles. The third-order valence-electron chi connectivity index (χ3n) is 5.32. The average Bonchev–Trinajstić information content (AvgIpc) is 3.41. The minimum Gasteiger partial charge on any atom is -0.343 e. The molecule has 4 nitrogen and oxygen atoms in total. The molecule has 0 spiro atoms. The van der Waals surface area contributed by atoms with E-state index in [1.165, 1.54) is 11.3 Å². The normalized spacial score (nSPS) is 11.6. The third-order valence-corrected chi connectivity index (χ3v) is 7.18. The highest BCUT2D eigenvalue weighted by molar-refractivity contribution is 7.13. The highest BCUT2D eigenvalue weighted by Crippen LogP contribution is 2.33. The molecule has 34 heavy (non-hydrogen) atoms. The number of halogens is 4. The van der Waals surface area contributed by atoms with Crippen LogP contribution in [0.1, 0.15) is 11.1 Å². The van der Waals surface area contributed by atoms with E-state index in [9.17, 15) is 0 Å². The maximum Gasteiger partial charge on any atom is 0.230 e. The van der Waals surface area contributed by atoms with Crippen LogP contribution < -0.4 is 0 Å². The molecule has 2 heterocycles. The van der Waals surface area contributed by atoms with Gasteiger partial charge >= 0.3 is 0 Å². The molecule has 0 radical (unpaired) electrons. The summed E-state index contributed by atoms with van der Waals surface area (Å²) in [5.74, 6) is 0. The number of aromatic nitrogens is 2. The fourth-order valence-electron chi connectivity index (χ4n) is 3.72. The zero-order chi connectivity index (χ0) is 23.7. The Kier molecular flexibility index (Phi) is 6.91. The number of hydrogen-bond acceptors (Lipinski definition) is 4. The summed E-state index contributed by atoms with van der Waals surface area (Å²) < 4.78 is 2.17. The van der Waals surface area contributed by atoms with Crippen molar-refractivity contribution in [3.63, 3.8) is 0 Å². The van der Waals surface area contributed by atoms with Crippen LogP contribution in [0.3, 0.4) is 0 Å². The molecule has 0 unspecified atom stereocenters. The van der Waals surface area contributed by atoms with Gasteiger partial charge in [-0.3, -0.25) is 0 Å². The number of hydrogen-bond donors (Lipinski definition) is 0. The van der Waals surface area contributed by atoms with Crippen molar-refractivity contribution in [2.75, 3.05) is 0 Å². The largest absolute Gasteiger partial charge is 0.343 e. The molecule has 5 aromatic rings. The van der Waals surface area contributed by atoms with Gasteiger partial charge in [0.05, 0.1) is 17.3 Å². The lowest BCUT2D eigenvalue weighted by molar-refractivity contribution is 0.827. The van der Waals surface area contributed by atoms with Crippen LogP contribution in [0.25, 0.3) is 22.2 Å². The molecule has 0 fully saturated rings. The summed E-state index contributed by atoms with van der Waals surface area (Å²) in [4.78, 5) is 4.54. The minimum absolute atomic E-state index is 0.429. The molecule has 0 saturated heterocycles. The summed E-state index contributed by atoms with van der Waals surface area (Å²) in [6.07, 6.45) is 2.09. The van der Waals surface area contributed by atoms with E-state index in [4.69, 9.17) is 46.4 Å². The Bertz CT molecular complexity index is 1520. The topological polar surface area (TPSA) is 42.5 Å². The van der Waals surface area contributed by atoms with Gasteiger partial charge in [0.25, 0.3) is 0 Å². The summed E-state index contributed by atoms with van der Waals surface area (Å²) in [6, 6.07) is 19.1. The standard InChI is InChI=1S/C25H16Cl4N4S/c26-17-6-5-15(21(28)9-17)12-33-13-16(19-3-1-2-4-24(19)33)11-30-32-25-31-23(14-34-25)20-8-7-18(27)10-22(20)29/h1-10,13-14H,11-12H2. The highest BCUT2D eigenvalue weighted by Gasteiger charge is 2.11. The van der Waals surface area contributed by atoms with Gasteiger partial charge in [-0.1, -0.05) is 70.7 Å². The average molecular weight is 546 g/mol. The first kappa shape index (κ1) is 23.3. The molecule has 3 aromatic carbocycles. The first-order valence-corrected chi connectivity index (χ1v) is 12.7. The number of para-hydroxylation sites is 1. The molecular weight excluding hydrogens is 530 g/mol. The molecule has 0 amide bonds. The number of benzene rings is 3. The van der Waals surface area contributed by atoms with Crippen molar-refractivity contribution in [2.45, 2.75) is 13.1 Å². The van der Waals surface area contributed by atoms with Crippen molar-refractivity contribution in [3.8, 4) is 11.3 Å². The first-order valence-electron chi connectivity index (χ1n) is 10.3. The predicted octanol–water partition coefficient (Wildman–Crippen LogP) is 9.71. The van der Waals surface area contributed by atoms with Crippen LogP contribution in [-0.2, 0) is 13.1 Å². The Labute approximate surface area is 220 Å². The second-order valence-corrected chi connectivity index (χ2v) is 10.1. The minimum atomic E-state index is 0.429. The van der Waals surface area contributed by atoms with Crippen molar-refractivity contribution in [2.24, 2.45) is 10.2 Å². The molecule has 0 atom stereocenters. The molecular formula is C25H16Cl4N4S. The molecule has 0 aliphatic heterocycles. The lowest BCUT2D eigenvalue weighted by Gasteiger charge is -2.08. The van der Waals surface area contributed by atoms with Gasteiger partial charge in [0, 0.05) is 55.2 Å². The van der Waals surface area contributed by atoms with Crippen LogP contribution in [0.4, 0.5) is 5.13 Å². The number of azo groups is 1. The lowest BCUT2D eigenvalue weighted by Crippen LogP contribution is -1.98. The maximum atomic E-state index is 6.40. The van der Waals surface area contributed by atoms with Crippen molar-refractivity contribution in [3.05, 3.63) is 103 Å². The first-order chi connectivity index (χ1) is 16.5. The highest BCUT2D eigenvalue weighted by atomic mass is 35.5. The van der Waals surface area contributed by atoms with Crippen LogP contribution in [-0.4, -0.2) is 9.55 Å². The molecule has 170 valence electrons. The predicted molar refractivity (Wildman–Crippen MR) is 143 cm³/mol. The van der Waals surface area contributed by atoms with Gasteiger partial charge in [-0.05, 0) is 42.0 Å². The van der Waals surface area contributed by atoms with Gasteiger partial charge in [0.2, 0.25) is 5.13 Å². The molecule has 9 heteroatoms. The van der Waals surface area contributed by atoms with E-state index in [0.29, 0.717) is 38.3 Å². The number of nitrogens with zero attached hydrogens (tertiary/aromatic N) is 4. The van der Waals surface area contributed by atoms with Crippen LogP contribution in [0.5, 0.6) is 0 Å². The Hall–Kier alpha value is -2.41. The summed E-state index contributed by atoms with van der Waals surface area (Å²) in [5.41, 5.74) is 4.73. The summed E-state index contributed by atoms with van der Waals surface area (Å²) in [7, 11) is 0. The Morgan fingerprint density at radius 2 is 1.62 bits per heavy atom. The Morgan fingerprint density at radius 1 is 0.853 bits per heavy atom. The Balaban J connectivity index is 1.37. The number of fused-ring (bicyclic) bond motifs is 1. The Morgan fingerprint density at radius 3 is 2.41 bits per heavy atom.